The van der Waals surface area contributed by atoms with Crippen LogP contribution < -0.4 is 4.90 Å². The number of rotatable bonds is 3. The van der Waals surface area contributed by atoms with Crippen molar-refractivity contribution in [1.82, 2.24) is 4.90 Å². The van der Waals surface area contributed by atoms with E-state index in [0.717, 1.165) is 50.4 Å². The minimum atomic E-state index is 0.179. The zero-order chi connectivity index (χ0) is 19.3. The third-order valence-electron chi connectivity index (χ3n) is 6.47. The van der Waals surface area contributed by atoms with Crippen molar-refractivity contribution in [2.75, 3.05) is 18.0 Å². The second-order valence-corrected chi connectivity index (χ2v) is 8.34. The molecule has 0 spiro atoms. The van der Waals surface area contributed by atoms with Gasteiger partial charge in [0.15, 0.2) is 0 Å². The maximum absolute atomic E-state index is 13.6. The zero-order valence-corrected chi connectivity index (χ0v) is 17.1. The minimum absolute atomic E-state index is 0.179. The van der Waals surface area contributed by atoms with Gasteiger partial charge in [0.2, 0.25) is 0 Å². The maximum Gasteiger partial charge on any atom is 0.324 e. The van der Waals surface area contributed by atoms with Crippen molar-refractivity contribution >= 4 is 11.7 Å². The number of hydrogen-bond donors (Lipinski definition) is 0. The van der Waals surface area contributed by atoms with Crippen molar-refractivity contribution in [3.8, 4) is 0 Å². The first-order valence-corrected chi connectivity index (χ1v) is 11.0. The topological polar surface area (TPSA) is 23.6 Å². The number of likely N-dealkylation sites (tertiary alicyclic amines) is 1. The van der Waals surface area contributed by atoms with E-state index in [0.29, 0.717) is 6.54 Å². The van der Waals surface area contributed by atoms with Crippen molar-refractivity contribution in [1.29, 1.82) is 0 Å². The highest BCUT2D eigenvalue weighted by atomic mass is 16.2. The molecule has 4 rings (SSSR count). The maximum atomic E-state index is 13.6. The monoisotopic (exact) mass is 376 g/mol. The average molecular weight is 377 g/mol. The van der Waals surface area contributed by atoms with Crippen LogP contribution in [0.25, 0.3) is 0 Å². The van der Waals surface area contributed by atoms with Crippen LogP contribution in [0.1, 0.15) is 55.7 Å². The van der Waals surface area contributed by atoms with Crippen LogP contribution in [0.15, 0.2) is 48.5 Å². The molecule has 0 atom stereocenters. The zero-order valence-electron chi connectivity index (χ0n) is 17.1. The Hall–Kier alpha value is -2.29. The molecular formula is C25H32N2O. The summed E-state index contributed by atoms with van der Waals surface area (Å²) in [7, 11) is 0. The largest absolute Gasteiger partial charge is 0.324 e. The number of piperidine rings is 1. The number of unbranched alkanes of at least 4 members (excludes halogenated alkanes) is 1. The molecule has 3 nitrogen and oxygen atoms in total. The number of nitrogens with zero attached hydrogens (tertiary/aromatic N) is 2. The van der Waals surface area contributed by atoms with E-state index >= 15 is 0 Å². The smallest absolute Gasteiger partial charge is 0.324 e. The third-order valence-corrected chi connectivity index (χ3v) is 6.47. The summed E-state index contributed by atoms with van der Waals surface area (Å²) in [5.74, 6) is 0.796. The number of urea groups is 1. The summed E-state index contributed by atoms with van der Waals surface area (Å²) >= 11 is 0. The van der Waals surface area contributed by atoms with Gasteiger partial charge < -0.3 is 4.90 Å². The summed E-state index contributed by atoms with van der Waals surface area (Å²) in [6.07, 6.45) is 8.22. The van der Waals surface area contributed by atoms with Gasteiger partial charge in [0, 0.05) is 18.8 Å². The van der Waals surface area contributed by atoms with Crippen LogP contribution in [0.3, 0.4) is 0 Å². The Morgan fingerprint density at radius 3 is 2.32 bits per heavy atom. The number of amides is 2. The van der Waals surface area contributed by atoms with Crippen LogP contribution in [-0.2, 0) is 19.4 Å². The summed E-state index contributed by atoms with van der Waals surface area (Å²) in [6.45, 7) is 4.72. The van der Waals surface area contributed by atoms with Crippen molar-refractivity contribution < 1.29 is 4.79 Å². The molecule has 2 heterocycles. The molecule has 2 aliphatic rings. The van der Waals surface area contributed by atoms with E-state index in [1.54, 1.807) is 0 Å². The van der Waals surface area contributed by atoms with Crippen LogP contribution in [0.4, 0.5) is 10.5 Å². The van der Waals surface area contributed by atoms with Crippen molar-refractivity contribution in [2.45, 2.75) is 58.4 Å². The van der Waals surface area contributed by atoms with Gasteiger partial charge in [-0.25, -0.2) is 4.79 Å². The van der Waals surface area contributed by atoms with Gasteiger partial charge in [-0.3, -0.25) is 4.90 Å². The van der Waals surface area contributed by atoms with Gasteiger partial charge in [0.25, 0.3) is 0 Å². The van der Waals surface area contributed by atoms with E-state index in [9.17, 15) is 4.79 Å². The van der Waals surface area contributed by atoms with Crippen molar-refractivity contribution in [3.05, 3.63) is 65.2 Å². The SMILES string of the molecule is CCCCC1CCN(C(=O)N2Cc3ccccc3CCc3ccccc32)CC1. The lowest BCUT2D eigenvalue weighted by Crippen LogP contribution is -2.47. The second kappa shape index (κ2) is 8.81. The normalized spacial score (nSPS) is 17.5. The fourth-order valence-electron chi connectivity index (χ4n) is 4.71. The van der Waals surface area contributed by atoms with Gasteiger partial charge in [-0.1, -0.05) is 68.7 Å². The molecule has 0 aromatic heterocycles. The molecule has 0 aliphatic carbocycles. The van der Waals surface area contributed by atoms with Crippen molar-refractivity contribution in [2.24, 2.45) is 5.92 Å². The second-order valence-electron chi connectivity index (χ2n) is 8.34. The number of fused-ring (bicyclic) bond motifs is 2. The van der Waals surface area contributed by atoms with E-state index in [-0.39, 0.29) is 6.03 Å². The van der Waals surface area contributed by atoms with Crippen LogP contribution in [0.2, 0.25) is 0 Å². The number of carbonyl (C=O) groups excluding carboxylic acids is 1. The van der Waals surface area contributed by atoms with E-state index < -0.39 is 0 Å². The summed E-state index contributed by atoms with van der Waals surface area (Å²) < 4.78 is 0. The van der Waals surface area contributed by atoms with Crippen LogP contribution in [0, 0.1) is 5.92 Å². The Bertz CT molecular complexity index is 808. The van der Waals surface area contributed by atoms with Crippen molar-refractivity contribution in [3.63, 3.8) is 0 Å². The minimum Gasteiger partial charge on any atom is -0.324 e. The predicted molar refractivity (Wildman–Crippen MR) is 116 cm³/mol. The Balaban J connectivity index is 1.55. The van der Waals surface area contributed by atoms with Gasteiger partial charge in [-0.05, 0) is 54.4 Å². The Morgan fingerprint density at radius 1 is 0.929 bits per heavy atom. The van der Waals surface area contributed by atoms with Crippen LogP contribution in [-0.4, -0.2) is 24.0 Å². The number of hydrogen-bond acceptors (Lipinski definition) is 1. The van der Waals surface area contributed by atoms with Crippen LogP contribution >= 0.6 is 0 Å². The Morgan fingerprint density at radius 2 is 1.57 bits per heavy atom. The first-order valence-electron chi connectivity index (χ1n) is 11.0. The molecule has 28 heavy (non-hydrogen) atoms. The predicted octanol–water partition coefficient (Wildman–Crippen LogP) is 5.81. The molecule has 0 radical (unpaired) electrons. The first kappa shape index (κ1) is 19.0. The summed E-state index contributed by atoms with van der Waals surface area (Å²) in [4.78, 5) is 17.7. The lowest BCUT2D eigenvalue weighted by atomic mass is 9.91. The van der Waals surface area contributed by atoms with Gasteiger partial charge in [-0.15, -0.1) is 0 Å². The van der Waals surface area contributed by atoms with E-state index in [4.69, 9.17) is 0 Å². The lowest BCUT2D eigenvalue weighted by Gasteiger charge is -2.37. The molecule has 3 heteroatoms. The summed E-state index contributed by atoms with van der Waals surface area (Å²) in [5.41, 5.74) is 5.02. The molecule has 2 aromatic carbocycles. The molecular weight excluding hydrogens is 344 g/mol. The molecule has 1 fully saturated rings. The molecule has 0 saturated carbocycles. The lowest BCUT2D eigenvalue weighted by molar-refractivity contribution is 0.172. The first-order chi connectivity index (χ1) is 13.8. The molecule has 0 N–H and O–H groups in total. The number of carbonyl (C=O) groups is 1. The quantitative estimate of drug-likeness (QED) is 0.663. The molecule has 2 aromatic rings. The fourth-order valence-corrected chi connectivity index (χ4v) is 4.71. The van der Waals surface area contributed by atoms with Gasteiger partial charge in [-0.2, -0.15) is 0 Å². The highest BCUT2D eigenvalue weighted by Crippen LogP contribution is 2.30. The van der Waals surface area contributed by atoms with Gasteiger partial charge >= 0.3 is 6.03 Å². The highest BCUT2D eigenvalue weighted by molar-refractivity contribution is 5.93. The van der Waals surface area contributed by atoms with E-state index in [1.165, 1.54) is 36.0 Å². The summed E-state index contributed by atoms with van der Waals surface area (Å²) in [5, 5.41) is 0. The molecule has 0 unspecified atom stereocenters. The molecule has 0 bridgehead atoms. The van der Waals surface area contributed by atoms with E-state index in [2.05, 4.69) is 60.4 Å². The summed E-state index contributed by atoms with van der Waals surface area (Å²) in [6, 6.07) is 17.2. The Kier molecular flexibility index (Phi) is 5.99. The van der Waals surface area contributed by atoms with Gasteiger partial charge in [0.05, 0.1) is 6.54 Å². The number of aryl methyl sites for hydroxylation is 2. The fraction of sp³-hybridized carbons (Fsp3) is 0.480. The van der Waals surface area contributed by atoms with Gasteiger partial charge in [0.1, 0.15) is 0 Å². The third kappa shape index (κ3) is 4.09. The standard InChI is InChI=1S/C25H32N2O/c1-2-3-8-20-15-17-26(18-16-20)25(28)27-19-23-11-5-4-9-21(23)13-14-22-10-6-7-12-24(22)27/h4-7,9-12,20H,2-3,8,13-19H2,1H3. The number of benzene rings is 2. The van der Waals surface area contributed by atoms with E-state index in [1.807, 2.05) is 4.90 Å². The molecule has 2 aliphatic heterocycles. The molecule has 148 valence electrons. The number of para-hydroxylation sites is 1. The average Bonchev–Trinajstić information content (AvgIpc) is 2.74. The number of anilines is 1. The molecule has 1 saturated heterocycles. The molecule has 2 amide bonds. The highest BCUT2D eigenvalue weighted by Gasteiger charge is 2.29. The van der Waals surface area contributed by atoms with Crippen LogP contribution in [0.5, 0.6) is 0 Å². The Labute approximate surface area is 169 Å².